The van der Waals surface area contributed by atoms with Gasteiger partial charge in [0.25, 0.3) is 11.8 Å². The van der Waals surface area contributed by atoms with Gasteiger partial charge in [0.1, 0.15) is 21.4 Å². The summed E-state index contributed by atoms with van der Waals surface area (Å²) in [5, 5.41) is 5.57. The average molecular weight is 400 g/mol. The summed E-state index contributed by atoms with van der Waals surface area (Å²) >= 11 is 2.71. The molecule has 4 heterocycles. The minimum Gasteiger partial charge on any atom is -0.365 e. The second kappa shape index (κ2) is 7.14. The molecule has 8 nitrogen and oxygen atoms in total. The number of thiazole rings is 1. The van der Waals surface area contributed by atoms with E-state index in [2.05, 4.69) is 25.2 Å². The van der Waals surface area contributed by atoms with Crippen molar-refractivity contribution < 1.29 is 9.59 Å². The number of hydrogen-bond donors (Lipinski definition) is 2. The van der Waals surface area contributed by atoms with Crippen LogP contribution in [0, 0.1) is 0 Å². The number of carbonyl (C=O) groups excluding carboxylic acids is 2. The summed E-state index contributed by atoms with van der Waals surface area (Å²) in [6.07, 6.45) is 5.48. The summed E-state index contributed by atoms with van der Waals surface area (Å²) in [7, 11) is 2.02. The van der Waals surface area contributed by atoms with Crippen molar-refractivity contribution in [1.29, 1.82) is 0 Å². The standard InChI is InChI=1S/C17H16N6O2S2/c1-23-5-2-9-12(7-23)27-17(13(9)14(18)24)22-15(25)11-8-26-16(21-11)10-6-19-3-4-20-10/h3-4,6,8H,2,5,7H2,1H3,(H2,18,24)(H,22,25). The second-order valence-corrected chi connectivity index (χ2v) is 8.11. The van der Waals surface area contributed by atoms with Crippen molar-refractivity contribution in [3.8, 4) is 10.7 Å². The van der Waals surface area contributed by atoms with Gasteiger partial charge < -0.3 is 16.0 Å². The van der Waals surface area contributed by atoms with Gasteiger partial charge in [-0.3, -0.25) is 19.6 Å². The molecule has 0 bridgehead atoms. The zero-order valence-corrected chi connectivity index (χ0v) is 16.1. The third-order valence-electron chi connectivity index (χ3n) is 4.24. The first-order valence-corrected chi connectivity index (χ1v) is 9.88. The first kappa shape index (κ1) is 17.7. The summed E-state index contributed by atoms with van der Waals surface area (Å²) < 4.78 is 0. The minimum atomic E-state index is -0.522. The maximum absolute atomic E-state index is 12.7. The molecule has 0 atom stereocenters. The van der Waals surface area contributed by atoms with E-state index in [0.29, 0.717) is 21.3 Å². The Labute approximate surface area is 163 Å². The monoisotopic (exact) mass is 400 g/mol. The molecule has 0 aliphatic carbocycles. The van der Waals surface area contributed by atoms with Crippen LogP contribution in [0.15, 0.2) is 24.0 Å². The zero-order valence-electron chi connectivity index (χ0n) is 14.4. The molecule has 10 heteroatoms. The molecular formula is C17H16N6O2S2. The average Bonchev–Trinajstić information content (AvgIpc) is 3.26. The normalized spacial score (nSPS) is 14.0. The highest BCUT2D eigenvalue weighted by Gasteiger charge is 2.27. The van der Waals surface area contributed by atoms with Gasteiger partial charge in [0.05, 0.1) is 11.8 Å². The number of nitrogens with two attached hydrogens (primary N) is 1. The van der Waals surface area contributed by atoms with Gasteiger partial charge in [0.2, 0.25) is 0 Å². The Kier molecular flexibility index (Phi) is 4.68. The number of anilines is 1. The van der Waals surface area contributed by atoms with Gasteiger partial charge in [-0.15, -0.1) is 22.7 Å². The molecule has 0 unspecified atom stereocenters. The number of nitrogens with one attached hydrogen (secondary N) is 1. The Hall–Kier alpha value is -2.69. The molecule has 4 rings (SSSR count). The maximum atomic E-state index is 12.7. The Morgan fingerprint density at radius 3 is 2.93 bits per heavy atom. The SMILES string of the molecule is CN1CCc2c(sc(NC(=O)c3csc(-c4cnccn4)n3)c2C(N)=O)C1. The number of nitrogens with zero attached hydrogens (tertiary/aromatic N) is 4. The Morgan fingerprint density at radius 2 is 2.19 bits per heavy atom. The number of carbonyl (C=O) groups is 2. The number of likely N-dealkylation sites (N-methyl/N-ethyl adjacent to an activating group) is 1. The van der Waals surface area contributed by atoms with Gasteiger partial charge >= 0.3 is 0 Å². The lowest BCUT2D eigenvalue weighted by atomic mass is 10.0. The Balaban J connectivity index is 1.60. The molecule has 1 aliphatic heterocycles. The van der Waals surface area contributed by atoms with Crippen molar-refractivity contribution >= 4 is 39.5 Å². The number of rotatable bonds is 4. The van der Waals surface area contributed by atoms with Gasteiger partial charge in [-0.1, -0.05) is 0 Å². The molecule has 27 heavy (non-hydrogen) atoms. The first-order chi connectivity index (χ1) is 13.0. The van der Waals surface area contributed by atoms with E-state index in [4.69, 9.17) is 5.73 Å². The van der Waals surface area contributed by atoms with E-state index in [1.807, 2.05) is 7.05 Å². The molecule has 3 N–H and O–H groups in total. The van der Waals surface area contributed by atoms with Crippen LogP contribution in [0.2, 0.25) is 0 Å². The fraction of sp³-hybridized carbons (Fsp3) is 0.235. The number of hydrogen-bond acceptors (Lipinski definition) is 8. The predicted octanol–water partition coefficient (Wildman–Crippen LogP) is 2.00. The van der Waals surface area contributed by atoms with E-state index >= 15 is 0 Å². The van der Waals surface area contributed by atoms with Crippen LogP contribution in [0.25, 0.3) is 10.7 Å². The minimum absolute atomic E-state index is 0.263. The first-order valence-electron chi connectivity index (χ1n) is 8.19. The number of primary amides is 1. The van der Waals surface area contributed by atoms with E-state index in [1.54, 1.807) is 24.0 Å². The van der Waals surface area contributed by atoms with Crippen molar-refractivity contribution in [2.45, 2.75) is 13.0 Å². The lowest BCUT2D eigenvalue weighted by molar-refractivity contribution is 0.1000. The molecule has 0 fully saturated rings. The fourth-order valence-electron chi connectivity index (χ4n) is 2.95. The lowest BCUT2D eigenvalue weighted by Crippen LogP contribution is -2.27. The van der Waals surface area contributed by atoms with E-state index in [-0.39, 0.29) is 11.6 Å². The topological polar surface area (TPSA) is 114 Å². The quantitative estimate of drug-likeness (QED) is 0.692. The van der Waals surface area contributed by atoms with Crippen LogP contribution in [0.3, 0.4) is 0 Å². The summed E-state index contributed by atoms with van der Waals surface area (Å²) in [5.74, 6) is -0.901. The largest absolute Gasteiger partial charge is 0.365 e. The summed E-state index contributed by atoms with van der Waals surface area (Å²) in [5.41, 5.74) is 7.82. The molecule has 1 aliphatic rings. The molecule has 2 amide bonds. The van der Waals surface area contributed by atoms with Crippen molar-refractivity contribution in [1.82, 2.24) is 19.9 Å². The molecule has 0 aromatic carbocycles. The van der Waals surface area contributed by atoms with E-state index in [1.165, 1.54) is 22.7 Å². The highest BCUT2D eigenvalue weighted by atomic mass is 32.1. The smallest absolute Gasteiger partial charge is 0.275 e. The molecule has 3 aromatic heterocycles. The van der Waals surface area contributed by atoms with Crippen LogP contribution in [-0.2, 0) is 13.0 Å². The molecule has 0 saturated heterocycles. The second-order valence-electron chi connectivity index (χ2n) is 6.14. The van der Waals surface area contributed by atoms with Crippen LogP contribution in [-0.4, -0.2) is 45.3 Å². The highest BCUT2D eigenvalue weighted by molar-refractivity contribution is 7.17. The lowest BCUT2D eigenvalue weighted by Gasteiger charge is -2.22. The van der Waals surface area contributed by atoms with Crippen molar-refractivity contribution in [2.24, 2.45) is 5.73 Å². The Bertz CT molecular complexity index is 1010. The molecular weight excluding hydrogens is 384 g/mol. The molecule has 3 aromatic rings. The van der Waals surface area contributed by atoms with E-state index in [0.717, 1.165) is 30.0 Å². The number of thiophene rings is 1. The number of fused-ring (bicyclic) bond motifs is 1. The third-order valence-corrected chi connectivity index (χ3v) is 6.24. The van der Waals surface area contributed by atoms with Crippen molar-refractivity contribution in [3.05, 3.63) is 45.7 Å². The van der Waals surface area contributed by atoms with Gasteiger partial charge in [0.15, 0.2) is 0 Å². The van der Waals surface area contributed by atoms with Crippen molar-refractivity contribution in [3.63, 3.8) is 0 Å². The van der Waals surface area contributed by atoms with Crippen LogP contribution in [0.1, 0.15) is 31.3 Å². The molecule has 0 radical (unpaired) electrons. The summed E-state index contributed by atoms with van der Waals surface area (Å²) in [4.78, 5) is 40.4. The molecule has 138 valence electrons. The molecule has 0 spiro atoms. The zero-order chi connectivity index (χ0) is 19.0. The van der Waals surface area contributed by atoms with E-state index < -0.39 is 5.91 Å². The summed E-state index contributed by atoms with van der Waals surface area (Å²) in [6, 6.07) is 0. The highest BCUT2D eigenvalue weighted by Crippen LogP contribution is 2.37. The van der Waals surface area contributed by atoms with Crippen molar-refractivity contribution in [2.75, 3.05) is 18.9 Å². The van der Waals surface area contributed by atoms with Gasteiger partial charge in [0, 0.05) is 35.7 Å². The van der Waals surface area contributed by atoms with Crippen LogP contribution in [0.4, 0.5) is 5.00 Å². The number of aromatic nitrogens is 3. The Morgan fingerprint density at radius 1 is 1.33 bits per heavy atom. The maximum Gasteiger partial charge on any atom is 0.275 e. The van der Waals surface area contributed by atoms with Crippen LogP contribution < -0.4 is 11.1 Å². The predicted molar refractivity (Wildman–Crippen MR) is 104 cm³/mol. The van der Waals surface area contributed by atoms with Gasteiger partial charge in [-0.25, -0.2) is 4.98 Å². The van der Waals surface area contributed by atoms with E-state index in [9.17, 15) is 9.59 Å². The summed E-state index contributed by atoms with van der Waals surface area (Å²) in [6.45, 7) is 1.59. The van der Waals surface area contributed by atoms with Crippen LogP contribution >= 0.6 is 22.7 Å². The van der Waals surface area contributed by atoms with Crippen LogP contribution in [0.5, 0.6) is 0 Å². The van der Waals surface area contributed by atoms with Gasteiger partial charge in [-0.2, -0.15) is 0 Å². The third kappa shape index (κ3) is 3.46. The van der Waals surface area contributed by atoms with Gasteiger partial charge in [-0.05, 0) is 19.0 Å². The molecule has 0 saturated carbocycles. The fourth-order valence-corrected chi connectivity index (χ4v) is 5.04. The number of amides is 2.